The van der Waals surface area contributed by atoms with E-state index in [-0.39, 0.29) is 6.54 Å². The molecule has 0 saturated heterocycles. The molecule has 0 aliphatic heterocycles. The van der Waals surface area contributed by atoms with Crippen molar-refractivity contribution >= 4 is 28.7 Å². The molecule has 3 N–H and O–H groups in total. The summed E-state index contributed by atoms with van der Waals surface area (Å²) >= 11 is 3.34. The number of hydroxylamine groups is 2. The highest BCUT2D eigenvalue weighted by Gasteiger charge is 2.03. The second kappa shape index (κ2) is 7.05. The van der Waals surface area contributed by atoms with Gasteiger partial charge in [0.2, 0.25) is 0 Å². The van der Waals surface area contributed by atoms with Crippen molar-refractivity contribution in [3.05, 3.63) is 38.5 Å². The summed E-state index contributed by atoms with van der Waals surface area (Å²) in [6, 6.07) is 3.21. The molecule has 20 heavy (non-hydrogen) atoms. The number of nitrogens with two attached hydrogens (primary N) is 1. The van der Waals surface area contributed by atoms with E-state index < -0.39 is 6.03 Å². The van der Waals surface area contributed by atoms with Crippen LogP contribution < -0.4 is 5.73 Å². The summed E-state index contributed by atoms with van der Waals surface area (Å²) in [5.74, 6) is 5.59. The molecule has 0 aliphatic carbocycles. The molecule has 0 fully saturated rings. The average molecular weight is 307 g/mol. The van der Waals surface area contributed by atoms with Crippen LogP contribution in [0.2, 0.25) is 0 Å². The van der Waals surface area contributed by atoms with E-state index in [9.17, 15) is 4.79 Å². The van der Waals surface area contributed by atoms with Crippen LogP contribution in [0.15, 0.2) is 23.7 Å². The Morgan fingerprint density at radius 3 is 2.90 bits per heavy atom. The molecule has 2 aromatic rings. The first-order valence-corrected chi connectivity index (χ1v) is 7.52. The smallest absolute Gasteiger partial charge is 0.339 e. The van der Waals surface area contributed by atoms with E-state index in [1.807, 2.05) is 11.4 Å². The van der Waals surface area contributed by atoms with Crippen molar-refractivity contribution in [3.63, 3.8) is 0 Å². The Bertz CT molecular complexity index is 626. The fourth-order valence-corrected chi connectivity index (χ4v) is 3.15. The second-order valence-electron chi connectivity index (χ2n) is 3.90. The van der Waals surface area contributed by atoms with Gasteiger partial charge in [0.25, 0.3) is 0 Å². The zero-order valence-corrected chi connectivity index (χ0v) is 12.2. The molecule has 2 aromatic heterocycles. The van der Waals surface area contributed by atoms with Gasteiger partial charge in [-0.15, -0.1) is 22.7 Å². The van der Waals surface area contributed by atoms with Crippen molar-refractivity contribution in [2.24, 2.45) is 5.73 Å². The van der Waals surface area contributed by atoms with E-state index >= 15 is 0 Å². The quantitative estimate of drug-likeness (QED) is 0.516. The highest BCUT2D eigenvalue weighted by Crippen LogP contribution is 2.21. The Labute approximate surface area is 124 Å². The summed E-state index contributed by atoms with van der Waals surface area (Å²) in [7, 11) is 0. The van der Waals surface area contributed by atoms with Crippen molar-refractivity contribution in [2.75, 3.05) is 6.54 Å². The first kappa shape index (κ1) is 14.5. The van der Waals surface area contributed by atoms with Crippen LogP contribution in [0.4, 0.5) is 4.79 Å². The average Bonchev–Trinajstić information content (AvgIpc) is 3.06. The number of carbonyl (C=O) groups excluding carboxylic acids is 1. The summed E-state index contributed by atoms with van der Waals surface area (Å²) in [6.07, 6.45) is 3.25. The third-order valence-electron chi connectivity index (χ3n) is 2.40. The molecule has 104 valence electrons. The topological polar surface area (TPSA) is 79.5 Å². The number of nitrogens with zero attached hydrogens (tertiary/aromatic N) is 2. The molecule has 0 atom stereocenters. The van der Waals surface area contributed by atoms with E-state index in [0.29, 0.717) is 11.5 Å². The van der Waals surface area contributed by atoms with Crippen molar-refractivity contribution < 1.29 is 10.0 Å². The van der Waals surface area contributed by atoms with Gasteiger partial charge in [-0.25, -0.2) is 9.78 Å². The molecule has 7 heteroatoms. The predicted molar refractivity (Wildman–Crippen MR) is 78.8 cm³/mol. The molecule has 0 saturated carbocycles. The van der Waals surface area contributed by atoms with Crippen LogP contribution in [0, 0.1) is 11.8 Å². The number of rotatable bonds is 4. The number of hydrogen-bond acceptors (Lipinski definition) is 5. The maximum Gasteiger partial charge on any atom is 0.339 e. The number of amides is 2. The van der Waals surface area contributed by atoms with Gasteiger partial charge in [0.1, 0.15) is 6.54 Å². The Kier molecular flexibility index (Phi) is 5.12. The van der Waals surface area contributed by atoms with Crippen LogP contribution >= 0.6 is 22.7 Å². The lowest BCUT2D eigenvalue weighted by atomic mass is 10.3. The third kappa shape index (κ3) is 4.35. The summed E-state index contributed by atoms with van der Waals surface area (Å²) < 4.78 is 0. The van der Waals surface area contributed by atoms with E-state index in [1.165, 1.54) is 4.88 Å². The van der Waals surface area contributed by atoms with Gasteiger partial charge in [-0.05, 0) is 12.1 Å². The molecule has 5 nitrogen and oxygen atoms in total. The SMILES string of the molecule is NC(=O)N(O)CC#CCc1ccc(Cc2nccs2)s1. The zero-order chi connectivity index (χ0) is 14.4. The standard InChI is InChI=1S/C13H13N3O2S2/c14-13(17)16(18)7-2-1-3-10-4-5-11(20-10)9-12-15-6-8-19-12/h4-6,8,18H,3,7,9H2,(H2,14,17). The van der Waals surface area contributed by atoms with Gasteiger partial charge >= 0.3 is 6.03 Å². The Hall–Kier alpha value is -1.88. The molecule has 0 radical (unpaired) electrons. The molecule has 2 heterocycles. The maximum atomic E-state index is 10.5. The van der Waals surface area contributed by atoms with Crippen LogP contribution in [0.1, 0.15) is 14.8 Å². The summed E-state index contributed by atoms with van der Waals surface area (Å²) in [4.78, 5) is 17.2. The lowest BCUT2D eigenvalue weighted by Gasteiger charge is -2.05. The number of aromatic nitrogens is 1. The fraction of sp³-hybridized carbons (Fsp3) is 0.231. The van der Waals surface area contributed by atoms with E-state index in [2.05, 4.69) is 22.9 Å². The predicted octanol–water partition coefficient (Wildman–Crippen LogP) is 2.11. The molecule has 2 amide bonds. The molecule has 0 unspecified atom stereocenters. The normalized spacial score (nSPS) is 9.85. The zero-order valence-electron chi connectivity index (χ0n) is 10.6. The second-order valence-corrected chi connectivity index (χ2v) is 6.13. The minimum Gasteiger partial charge on any atom is -0.350 e. The highest BCUT2D eigenvalue weighted by molar-refractivity contribution is 7.12. The largest absolute Gasteiger partial charge is 0.350 e. The minimum atomic E-state index is -0.902. The van der Waals surface area contributed by atoms with E-state index in [1.54, 1.807) is 28.9 Å². The Morgan fingerprint density at radius 2 is 2.20 bits per heavy atom. The van der Waals surface area contributed by atoms with Crippen LogP contribution in [-0.2, 0) is 12.8 Å². The van der Waals surface area contributed by atoms with Crippen LogP contribution in [0.3, 0.4) is 0 Å². The van der Waals surface area contributed by atoms with E-state index in [4.69, 9.17) is 10.9 Å². The van der Waals surface area contributed by atoms with Gasteiger partial charge < -0.3 is 5.73 Å². The highest BCUT2D eigenvalue weighted by atomic mass is 32.1. The van der Waals surface area contributed by atoms with Crippen molar-refractivity contribution in [1.82, 2.24) is 10.0 Å². The molecular formula is C13H13N3O2S2. The van der Waals surface area contributed by atoms with Gasteiger partial charge in [0.05, 0.1) is 5.01 Å². The summed E-state index contributed by atoms with van der Waals surface area (Å²) in [5, 5.41) is 12.5. The van der Waals surface area contributed by atoms with Gasteiger partial charge in [0, 0.05) is 34.2 Å². The lowest BCUT2D eigenvalue weighted by Crippen LogP contribution is -2.32. The number of thiazole rings is 1. The van der Waals surface area contributed by atoms with Gasteiger partial charge in [0.15, 0.2) is 0 Å². The van der Waals surface area contributed by atoms with Crippen molar-refractivity contribution in [1.29, 1.82) is 0 Å². The molecular weight excluding hydrogens is 294 g/mol. The number of carbonyl (C=O) groups is 1. The Balaban J connectivity index is 1.84. The first-order valence-electron chi connectivity index (χ1n) is 5.82. The van der Waals surface area contributed by atoms with Gasteiger partial charge in [-0.1, -0.05) is 11.8 Å². The summed E-state index contributed by atoms with van der Waals surface area (Å²) in [6.45, 7) is -0.0767. The fourth-order valence-electron chi connectivity index (χ4n) is 1.46. The van der Waals surface area contributed by atoms with Crippen LogP contribution in [0.25, 0.3) is 0 Å². The third-order valence-corrected chi connectivity index (χ3v) is 4.26. The van der Waals surface area contributed by atoms with Crippen molar-refractivity contribution in [3.8, 4) is 11.8 Å². The molecule has 0 aromatic carbocycles. The molecule has 0 spiro atoms. The monoisotopic (exact) mass is 307 g/mol. The van der Waals surface area contributed by atoms with Gasteiger partial charge in [-0.3, -0.25) is 5.21 Å². The van der Waals surface area contributed by atoms with Crippen molar-refractivity contribution in [2.45, 2.75) is 12.8 Å². The minimum absolute atomic E-state index is 0.0767. The number of thiophene rings is 1. The first-order chi connectivity index (χ1) is 9.65. The number of urea groups is 1. The maximum absolute atomic E-state index is 10.5. The lowest BCUT2D eigenvalue weighted by molar-refractivity contribution is -0.0269. The Morgan fingerprint density at radius 1 is 1.40 bits per heavy atom. The summed E-state index contributed by atoms with van der Waals surface area (Å²) in [5.41, 5.74) is 4.86. The molecule has 0 bridgehead atoms. The van der Waals surface area contributed by atoms with E-state index in [0.717, 1.165) is 16.3 Å². The number of hydrogen-bond donors (Lipinski definition) is 2. The number of primary amides is 1. The molecule has 2 rings (SSSR count). The van der Waals surface area contributed by atoms with Crippen LogP contribution in [-0.4, -0.2) is 27.8 Å². The van der Waals surface area contributed by atoms with Crippen LogP contribution in [0.5, 0.6) is 0 Å². The molecule has 0 aliphatic rings. The van der Waals surface area contributed by atoms with Gasteiger partial charge in [-0.2, -0.15) is 5.06 Å².